The topological polar surface area (TPSA) is 34.2 Å². The molecule has 0 bridgehead atoms. The number of para-hydroxylation sites is 3. The van der Waals surface area contributed by atoms with Gasteiger partial charge in [0.15, 0.2) is 0 Å². The molecule has 0 unspecified atom stereocenters. The molecule has 2 aromatic heterocycles. The molecule has 6 heteroatoms. The van der Waals surface area contributed by atoms with Gasteiger partial charge >= 0.3 is 21.1 Å². The maximum Gasteiger partial charge on any atom is 4.00 e. The third kappa shape index (κ3) is 6.72. The molecule has 2 aliphatic heterocycles. The van der Waals surface area contributed by atoms with E-state index in [-0.39, 0.29) is 21.1 Å². The molecule has 0 saturated carbocycles. The Morgan fingerprint density at radius 1 is 0.522 bits per heavy atom. The molecule has 0 N–H and O–H groups in total. The molecule has 2 aliphatic rings. The second-order valence-electron chi connectivity index (χ2n) is 17.0. The Labute approximate surface area is 403 Å². The number of aromatic nitrogens is 1. The van der Waals surface area contributed by atoms with Gasteiger partial charge in [-0.2, -0.15) is 12.1 Å². The maximum atomic E-state index is 6.79. The van der Waals surface area contributed by atoms with Crippen LogP contribution < -0.4 is 14.5 Å². The quantitative estimate of drug-likeness (QED) is 0.156. The first-order valence-electron chi connectivity index (χ1n) is 22.4. The molecule has 0 spiro atoms. The van der Waals surface area contributed by atoms with Crippen LogP contribution in [0.1, 0.15) is 11.1 Å². The fourth-order valence-electron chi connectivity index (χ4n) is 10.2. The van der Waals surface area contributed by atoms with Crippen molar-refractivity contribution < 1.29 is 25.8 Å². The first kappa shape index (κ1) is 40.6. The van der Waals surface area contributed by atoms with Crippen molar-refractivity contribution in [3.05, 3.63) is 235 Å². The van der Waals surface area contributed by atoms with Crippen LogP contribution in [0.5, 0.6) is 11.5 Å². The number of aryl methyl sites for hydroxylation is 1. The molecule has 67 heavy (non-hydrogen) atoms. The van der Waals surface area contributed by atoms with Crippen LogP contribution in [0.15, 0.2) is 200 Å². The molecule has 4 heterocycles. The number of hydrogen-bond acceptors (Lipinski definition) is 3. The van der Waals surface area contributed by atoms with Crippen molar-refractivity contribution >= 4 is 83.4 Å². The van der Waals surface area contributed by atoms with E-state index in [4.69, 9.17) is 10.1 Å². The van der Waals surface area contributed by atoms with Gasteiger partial charge < -0.3 is 24.3 Å². The predicted octanol–water partition coefficient (Wildman–Crippen LogP) is 16.6. The Balaban J connectivity index is 0.00000468. The Morgan fingerprint density at radius 3 is 1.78 bits per heavy atom. The van der Waals surface area contributed by atoms with E-state index in [2.05, 4.69) is 228 Å². The Bertz CT molecular complexity index is 3740. The van der Waals surface area contributed by atoms with Gasteiger partial charge in [-0.05, 0) is 92.4 Å². The fourth-order valence-corrected chi connectivity index (χ4v) is 10.2. The normalized spacial score (nSPS) is 12.9. The average Bonchev–Trinajstić information content (AvgIpc) is 3.93. The van der Waals surface area contributed by atoms with Gasteiger partial charge in [-0.1, -0.05) is 163 Å². The average molecular weight is 1040 g/mol. The van der Waals surface area contributed by atoms with Gasteiger partial charge in [-0.25, -0.2) is 0 Å². The SMILES string of the molecule is Cc1cc(-c2ccccc2)c(N2[CH-]N(c3[c-]c(Oc4[c-]c5c(cc4)c4cccc6c7ccccc7c7ccccc7c7c(n5c64)[N-]CC=C7)ccc3)c3ccccc32)c(-c2ccccc2)c1.[Pt+4]. The number of nitrogens with zero attached hydrogens (tertiary/aromatic N) is 4. The van der Waals surface area contributed by atoms with Crippen LogP contribution in [0.25, 0.3) is 82.4 Å². The van der Waals surface area contributed by atoms with Crippen LogP contribution in [-0.2, 0) is 21.1 Å². The summed E-state index contributed by atoms with van der Waals surface area (Å²) >= 11 is 0. The van der Waals surface area contributed by atoms with Crippen molar-refractivity contribution in [1.29, 1.82) is 0 Å². The van der Waals surface area contributed by atoms with Gasteiger partial charge in [0.25, 0.3) is 0 Å². The van der Waals surface area contributed by atoms with E-state index < -0.39 is 0 Å². The summed E-state index contributed by atoms with van der Waals surface area (Å²) in [5.41, 5.74) is 13.0. The second kappa shape index (κ2) is 16.5. The minimum Gasteiger partial charge on any atom is -0.509 e. The molecule has 0 fully saturated rings. The maximum absolute atomic E-state index is 6.79. The molecule has 11 aromatic rings. The Kier molecular flexibility index (Phi) is 10.0. The summed E-state index contributed by atoms with van der Waals surface area (Å²) in [6, 6.07) is 76.2. The largest absolute Gasteiger partial charge is 4.00 e. The third-order valence-electron chi connectivity index (χ3n) is 13.0. The van der Waals surface area contributed by atoms with Crippen LogP contribution in [0.3, 0.4) is 0 Å². The number of benzene rings is 9. The van der Waals surface area contributed by atoms with E-state index in [1.165, 1.54) is 21.7 Å². The molecule has 0 radical (unpaired) electrons. The predicted molar refractivity (Wildman–Crippen MR) is 274 cm³/mol. The summed E-state index contributed by atoms with van der Waals surface area (Å²) in [6.45, 7) is 4.96. The summed E-state index contributed by atoms with van der Waals surface area (Å²) in [6.07, 6.45) is 4.38. The van der Waals surface area contributed by atoms with Crippen LogP contribution in [0, 0.1) is 25.7 Å². The summed E-state index contributed by atoms with van der Waals surface area (Å²) in [5, 5.41) is 13.3. The van der Waals surface area contributed by atoms with Crippen LogP contribution in [-0.4, -0.2) is 10.9 Å². The van der Waals surface area contributed by atoms with Gasteiger partial charge in [-0.3, -0.25) is 0 Å². The number of anilines is 4. The van der Waals surface area contributed by atoms with Gasteiger partial charge in [-0.15, -0.1) is 53.6 Å². The van der Waals surface area contributed by atoms with E-state index >= 15 is 0 Å². The number of hydrogen-bond donors (Lipinski definition) is 0. The molecular weight excluding hydrogens is 1000 g/mol. The molecular formula is C61H40N4OPt. The van der Waals surface area contributed by atoms with E-state index in [9.17, 15) is 0 Å². The first-order valence-corrected chi connectivity index (χ1v) is 22.4. The number of ether oxygens (including phenoxy) is 1. The van der Waals surface area contributed by atoms with Gasteiger partial charge in [0.1, 0.15) is 0 Å². The summed E-state index contributed by atoms with van der Waals surface area (Å²) in [4.78, 5) is 4.54. The second-order valence-corrected chi connectivity index (χ2v) is 17.0. The van der Waals surface area contributed by atoms with Crippen molar-refractivity contribution in [3.63, 3.8) is 0 Å². The van der Waals surface area contributed by atoms with E-state index in [1.54, 1.807) is 0 Å². The third-order valence-corrected chi connectivity index (χ3v) is 13.0. The van der Waals surface area contributed by atoms with Crippen molar-refractivity contribution in [1.82, 2.24) is 4.40 Å². The van der Waals surface area contributed by atoms with E-state index in [0.717, 1.165) is 89.0 Å². The molecule has 13 rings (SSSR count). The summed E-state index contributed by atoms with van der Waals surface area (Å²) in [5.74, 6) is 2.09. The summed E-state index contributed by atoms with van der Waals surface area (Å²) in [7, 11) is 0. The zero-order chi connectivity index (χ0) is 43.7. The standard InChI is InChI=1S/C61H40N4O.Pt/c1-40-35-54(41-17-4-2-5-18-41)59(55(36-40)42-19-6-3-7-20-42)64-39-63(56-30-12-13-31-57(56)64)43-21-14-22-44(37-43)66-45-32-33-50-52-28-15-27-51-48-25-10-8-23-46(48)47-24-9-11-26-49(47)53-29-16-34-62-61(53)65(60(51)52)58(50)38-45;/h2-33,35-36,39H,34H2,1H3;/q-4;+4. The smallest absolute Gasteiger partial charge is 0.509 e. The van der Waals surface area contributed by atoms with Gasteiger partial charge in [0.2, 0.25) is 0 Å². The number of fused-ring (bicyclic) bond motifs is 11. The van der Waals surface area contributed by atoms with Crippen molar-refractivity contribution in [2.24, 2.45) is 0 Å². The Morgan fingerprint density at radius 2 is 1.07 bits per heavy atom. The molecule has 5 nitrogen and oxygen atoms in total. The fraction of sp³-hybridized carbons (Fsp3) is 0.0328. The van der Waals surface area contributed by atoms with Crippen LogP contribution in [0.2, 0.25) is 0 Å². The van der Waals surface area contributed by atoms with Gasteiger partial charge in [0.05, 0.1) is 0 Å². The Hall–Kier alpha value is -7.85. The van der Waals surface area contributed by atoms with Crippen LogP contribution in [0.4, 0.5) is 28.6 Å². The van der Waals surface area contributed by atoms with E-state index in [0.29, 0.717) is 18.0 Å². The minimum absolute atomic E-state index is 0. The van der Waals surface area contributed by atoms with Crippen LogP contribution >= 0.6 is 0 Å². The first-order chi connectivity index (χ1) is 32.7. The summed E-state index contributed by atoms with van der Waals surface area (Å²) < 4.78 is 9.10. The monoisotopic (exact) mass is 1040 g/mol. The molecule has 320 valence electrons. The zero-order valence-corrected chi connectivity index (χ0v) is 38.7. The molecule has 0 saturated heterocycles. The molecule has 0 amide bonds. The molecule has 9 aromatic carbocycles. The van der Waals surface area contributed by atoms with E-state index in [1.807, 2.05) is 18.2 Å². The van der Waals surface area contributed by atoms with Gasteiger partial charge in [0, 0.05) is 39.7 Å². The zero-order valence-electron chi connectivity index (χ0n) is 36.4. The van der Waals surface area contributed by atoms with Crippen molar-refractivity contribution in [3.8, 4) is 33.8 Å². The number of rotatable bonds is 6. The van der Waals surface area contributed by atoms with Crippen molar-refractivity contribution in [2.45, 2.75) is 6.92 Å². The molecule has 0 atom stereocenters. The molecule has 0 aliphatic carbocycles. The van der Waals surface area contributed by atoms with Crippen molar-refractivity contribution in [2.75, 3.05) is 16.3 Å². The minimum atomic E-state index is 0.